The van der Waals surface area contributed by atoms with Crippen LogP contribution in [0.3, 0.4) is 0 Å². The molecule has 0 radical (unpaired) electrons. The Morgan fingerprint density at radius 2 is 2.07 bits per heavy atom. The molecule has 3 aromatic rings. The van der Waals surface area contributed by atoms with Gasteiger partial charge in [-0.1, -0.05) is 18.7 Å². The number of aryl methyl sites for hydroxylation is 1. The highest BCUT2D eigenvalue weighted by molar-refractivity contribution is 7.99. The van der Waals surface area contributed by atoms with Gasteiger partial charge in [0.25, 0.3) is 5.56 Å². The maximum atomic E-state index is 12.6. The minimum absolute atomic E-state index is 0.0635. The number of rotatable bonds is 5. The van der Waals surface area contributed by atoms with E-state index in [1.54, 1.807) is 35.6 Å². The first kappa shape index (κ1) is 19.8. The van der Waals surface area contributed by atoms with E-state index in [4.69, 9.17) is 0 Å². The molecule has 0 saturated heterocycles. The van der Waals surface area contributed by atoms with Crippen molar-refractivity contribution in [2.75, 3.05) is 11.1 Å². The first-order valence-corrected chi connectivity index (χ1v) is 11.3. The highest BCUT2D eigenvalue weighted by atomic mass is 32.2. The number of Topliss-reactive ketones (excluding diaryl/α,β-unsaturated/α-hetero) is 1. The zero-order chi connectivity index (χ0) is 20.5. The lowest BCUT2D eigenvalue weighted by Crippen LogP contribution is -2.14. The van der Waals surface area contributed by atoms with Gasteiger partial charge in [-0.3, -0.25) is 14.4 Å². The molecule has 0 saturated carbocycles. The van der Waals surface area contributed by atoms with Crippen molar-refractivity contribution in [2.45, 2.75) is 38.3 Å². The summed E-state index contributed by atoms with van der Waals surface area (Å²) in [6.45, 7) is 3.67. The summed E-state index contributed by atoms with van der Waals surface area (Å²) < 4.78 is 0. The van der Waals surface area contributed by atoms with Crippen LogP contribution in [0.4, 0.5) is 5.69 Å². The van der Waals surface area contributed by atoms with Crippen LogP contribution in [-0.4, -0.2) is 27.4 Å². The fraction of sp³-hybridized carbons (Fsp3) is 0.333. The average Bonchev–Trinajstić information content (AvgIpc) is 3.04. The van der Waals surface area contributed by atoms with Crippen molar-refractivity contribution in [1.29, 1.82) is 0 Å². The molecule has 0 spiro atoms. The molecule has 2 aromatic heterocycles. The number of nitrogens with zero attached hydrogens (tertiary/aromatic N) is 1. The molecule has 0 aliphatic heterocycles. The molecule has 150 valence electrons. The molecule has 1 amide bonds. The Labute approximate surface area is 176 Å². The van der Waals surface area contributed by atoms with Crippen LogP contribution < -0.4 is 10.9 Å². The van der Waals surface area contributed by atoms with Crippen molar-refractivity contribution in [3.8, 4) is 0 Å². The molecule has 0 fully saturated rings. The maximum Gasteiger partial charge on any atom is 0.260 e. The molecule has 1 aliphatic rings. The van der Waals surface area contributed by atoms with Crippen molar-refractivity contribution in [1.82, 2.24) is 9.97 Å². The van der Waals surface area contributed by atoms with E-state index in [9.17, 15) is 14.4 Å². The summed E-state index contributed by atoms with van der Waals surface area (Å²) in [6, 6.07) is 6.76. The van der Waals surface area contributed by atoms with Gasteiger partial charge in [-0.2, -0.15) is 0 Å². The van der Waals surface area contributed by atoms with Gasteiger partial charge in [0, 0.05) is 23.1 Å². The quantitative estimate of drug-likeness (QED) is 0.364. The Balaban J connectivity index is 1.49. The first-order valence-electron chi connectivity index (χ1n) is 9.49. The Morgan fingerprint density at radius 3 is 2.79 bits per heavy atom. The van der Waals surface area contributed by atoms with Crippen molar-refractivity contribution >= 4 is 50.7 Å². The number of ketones is 1. The normalized spacial score (nSPS) is 15.9. The van der Waals surface area contributed by atoms with Crippen LogP contribution in [0.25, 0.3) is 10.2 Å². The number of amides is 1. The predicted molar refractivity (Wildman–Crippen MR) is 117 cm³/mol. The third kappa shape index (κ3) is 4.28. The lowest BCUT2D eigenvalue weighted by Gasteiger charge is -2.17. The molecule has 8 heteroatoms. The Bertz CT molecular complexity index is 1150. The number of thiophene rings is 1. The van der Waals surface area contributed by atoms with Crippen LogP contribution in [-0.2, 0) is 17.6 Å². The number of hydrogen-bond donors (Lipinski definition) is 2. The van der Waals surface area contributed by atoms with Gasteiger partial charge in [0.1, 0.15) is 4.83 Å². The number of anilines is 1. The van der Waals surface area contributed by atoms with Gasteiger partial charge in [0.2, 0.25) is 5.91 Å². The summed E-state index contributed by atoms with van der Waals surface area (Å²) in [4.78, 5) is 45.7. The molecule has 1 atom stereocenters. The molecule has 4 rings (SSSR count). The minimum Gasteiger partial charge on any atom is -0.326 e. The van der Waals surface area contributed by atoms with Crippen LogP contribution in [0.5, 0.6) is 0 Å². The Hall–Kier alpha value is -2.45. The van der Waals surface area contributed by atoms with Crippen molar-refractivity contribution in [3.63, 3.8) is 0 Å². The number of carbonyl (C=O) groups excluding carboxylic acids is 2. The Morgan fingerprint density at radius 1 is 1.31 bits per heavy atom. The summed E-state index contributed by atoms with van der Waals surface area (Å²) in [5.74, 6) is 0.593. The molecular formula is C21H21N3O3S2. The smallest absolute Gasteiger partial charge is 0.260 e. The minimum atomic E-state index is -0.158. The SMILES string of the molecule is CC(=O)Nc1ccc(C(=O)CSc2nc3sc4c(c3c(=O)[nH]2)CCC(C)C4)cc1. The first-order chi connectivity index (χ1) is 13.9. The van der Waals surface area contributed by atoms with Crippen molar-refractivity contribution in [3.05, 3.63) is 50.6 Å². The van der Waals surface area contributed by atoms with Crippen LogP contribution in [0.1, 0.15) is 41.1 Å². The highest BCUT2D eigenvalue weighted by Crippen LogP contribution is 2.36. The number of benzene rings is 1. The predicted octanol–water partition coefficient (Wildman–Crippen LogP) is 4.04. The van der Waals surface area contributed by atoms with Crippen molar-refractivity contribution in [2.24, 2.45) is 5.92 Å². The van der Waals surface area contributed by atoms with Crippen molar-refractivity contribution < 1.29 is 9.59 Å². The molecule has 1 unspecified atom stereocenters. The zero-order valence-electron chi connectivity index (χ0n) is 16.2. The van der Waals surface area contributed by atoms with E-state index in [-0.39, 0.29) is 23.0 Å². The summed E-state index contributed by atoms with van der Waals surface area (Å²) in [5.41, 5.74) is 2.24. The number of aromatic amines is 1. The molecule has 0 bridgehead atoms. The second kappa shape index (κ2) is 8.12. The molecule has 1 aromatic carbocycles. The van der Waals surface area contributed by atoms with Gasteiger partial charge in [-0.05, 0) is 55.0 Å². The summed E-state index contributed by atoms with van der Waals surface area (Å²) >= 11 is 2.84. The summed E-state index contributed by atoms with van der Waals surface area (Å²) in [5, 5.41) is 3.86. The number of H-pyrrole nitrogens is 1. The van der Waals surface area contributed by atoms with Gasteiger partial charge in [-0.15, -0.1) is 11.3 Å². The monoisotopic (exact) mass is 427 g/mol. The standard InChI is InChI=1S/C21H21N3O3S2/c1-11-3-8-15-17(9-11)29-20-18(15)19(27)23-21(24-20)28-10-16(26)13-4-6-14(7-5-13)22-12(2)25/h4-7,11H,3,8-10H2,1-2H3,(H,22,25)(H,23,24,27). The summed E-state index contributed by atoms with van der Waals surface area (Å²) in [7, 11) is 0. The van der Waals surface area contributed by atoms with E-state index >= 15 is 0 Å². The number of carbonyl (C=O) groups is 2. The van der Waals surface area contributed by atoms with Gasteiger partial charge < -0.3 is 10.3 Å². The van der Waals surface area contributed by atoms with Gasteiger partial charge in [-0.25, -0.2) is 4.98 Å². The molecule has 2 heterocycles. The fourth-order valence-corrected chi connectivity index (χ4v) is 5.75. The molecule has 1 aliphatic carbocycles. The zero-order valence-corrected chi connectivity index (χ0v) is 17.8. The van der Waals surface area contributed by atoms with Gasteiger partial charge in [0.15, 0.2) is 10.9 Å². The van der Waals surface area contributed by atoms with Crippen LogP contribution >= 0.6 is 23.1 Å². The van der Waals surface area contributed by atoms with E-state index in [2.05, 4.69) is 22.2 Å². The van der Waals surface area contributed by atoms with E-state index in [1.807, 2.05) is 0 Å². The molecular weight excluding hydrogens is 406 g/mol. The number of thioether (sulfide) groups is 1. The van der Waals surface area contributed by atoms with Gasteiger partial charge >= 0.3 is 0 Å². The Kier molecular flexibility index (Phi) is 5.56. The third-order valence-corrected chi connectivity index (χ3v) is 7.03. The van der Waals surface area contributed by atoms with Crippen LogP contribution in [0.2, 0.25) is 0 Å². The maximum absolute atomic E-state index is 12.6. The lowest BCUT2D eigenvalue weighted by molar-refractivity contribution is -0.114. The van der Waals surface area contributed by atoms with E-state index in [0.29, 0.717) is 22.3 Å². The third-order valence-electron chi connectivity index (χ3n) is 5.01. The van der Waals surface area contributed by atoms with E-state index in [0.717, 1.165) is 35.0 Å². The number of aromatic nitrogens is 2. The van der Waals surface area contributed by atoms with E-state index in [1.165, 1.54) is 23.6 Å². The summed E-state index contributed by atoms with van der Waals surface area (Å²) in [6.07, 6.45) is 3.04. The molecule has 6 nitrogen and oxygen atoms in total. The molecule has 2 N–H and O–H groups in total. The largest absolute Gasteiger partial charge is 0.326 e. The lowest BCUT2D eigenvalue weighted by atomic mass is 9.89. The average molecular weight is 428 g/mol. The second-order valence-corrected chi connectivity index (χ2v) is 9.42. The molecule has 29 heavy (non-hydrogen) atoms. The number of hydrogen-bond acceptors (Lipinski definition) is 6. The van der Waals surface area contributed by atoms with Crippen LogP contribution in [0, 0.1) is 5.92 Å². The number of fused-ring (bicyclic) bond motifs is 3. The van der Waals surface area contributed by atoms with E-state index < -0.39 is 0 Å². The fourth-order valence-electron chi connectivity index (χ4n) is 3.56. The number of nitrogens with one attached hydrogen (secondary N) is 2. The topological polar surface area (TPSA) is 91.9 Å². The van der Waals surface area contributed by atoms with Gasteiger partial charge in [0.05, 0.1) is 11.1 Å². The highest BCUT2D eigenvalue weighted by Gasteiger charge is 2.23. The van der Waals surface area contributed by atoms with Crippen LogP contribution in [0.15, 0.2) is 34.2 Å². The second-order valence-electron chi connectivity index (χ2n) is 7.37.